The molecule has 1 unspecified atom stereocenters. The van der Waals surface area contributed by atoms with Crippen molar-refractivity contribution in [2.24, 2.45) is 5.73 Å². The van der Waals surface area contributed by atoms with Crippen molar-refractivity contribution in [3.63, 3.8) is 0 Å². The largest absolute Gasteiger partial charge is 0.375 e. The van der Waals surface area contributed by atoms with Crippen molar-refractivity contribution >= 4 is 29.2 Å². The summed E-state index contributed by atoms with van der Waals surface area (Å²) in [5.74, 6) is 0. The van der Waals surface area contributed by atoms with Crippen molar-refractivity contribution in [1.29, 1.82) is 0 Å². The van der Waals surface area contributed by atoms with Crippen LogP contribution in [0.5, 0.6) is 0 Å². The van der Waals surface area contributed by atoms with Gasteiger partial charge in [0.2, 0.25) is 5.06 Å². The van der Waals surface area contributed by atoms with Crippen LogP contribution in [-0.4, -0.2) is 38.3 Å². The second-order valence-corrected chi connectivity index (χ2v) is 8.65. The lowest BCUT2D eigenvalue weighted by atomic mass is 10.1. The summed E-state index contributed by atoms with van der Waals surface area (Å²) in [6.45, 7) is 5.63. The molecule has 28 heavy (non-hydrogen) atoms. The summed E-state index contributed by atoms with van der Waals surface area (Å²) in [5.41, 5.74) is 10.7. The van der Waals surface area contributed by atoms with Gasteiger partial charge < -0.3 is 20.3 Å². The molecule has 2 N–H and O–H groups in total. The second kappa shape index (κ2) is 8.19. The first kappa shape index (κ1) is 19.4. The summed E-state index contributed by atoms with van der Waals surface area (Å²) in [5, 5.41) is -0.429. The number of nitrogens with zero attached hydrogens (tertiary/aromatic N) is 2. The lowest BCUT2D eigenvalue weighted by molar-refractivity contribution is 0.123. The number of benzene rings is 2. The zero-order chi connectivity index (χ0) is 19.6. The maximum absolute atomic E-state index is 6.23. The van der Waals surface area contributed by atoms with Gasteiger partial charge in [-0.05, 0) is 60.9 Å². The molecule has 0 spiro atoms. The highest BCUT2D eigenvalue weighted by Gasteiger charge is 2.47. The van der Waals surface area contributed by atoms with E-state index in [1.165, 1.54) is 27.4 Å². The van der Waals surface area contributed by atoms with Gasteiger partial charge in [-0.3, -0.25) is 0 Å². The highest BCUT2D eigenvalue weighted by Crippen LogP contribution is 2.54. The second-order valence-electron chi connectivity index (χ2n) is 7.42. The van der Waals surface area contributed by atoms with Crippen LogP contribution < -0.4 is 15.5 Å². The topological polar surface area (TPSA) is 41.7 Å². The van der Waals surface area contributed by atoms with Gasteiger partial charge in [-0.1, -0.05) is 43.0 Å². The molecule has 1 fully saturated rings. The van der Waals surface area contributed by atoms with Crippen LogP contribution in [0.1, 0.15) is 24.5 Å². The summed E-state index contributed by atoms with van der Waals surface area (Å²) in [6.07, 6.45) is 6.45. The molecule has 4 nitrogen and oxygen atoms in total. The molecule has 2 aromatic rings. The summed E-state index contributed by atoms with van der Waals surface area (Å²) in [4.78, 5) is 5.95. The Kier molecular flexibility index (Phi) is 5.67. The van der Waals surface area contributed by atoms with Crippen molar-refractivity contribution in [3.05, 3.63) is 59.7 Å². The molecular formula is C23H29N3OS. The molecule has 148 valence electrons. The Morgan fingerprint density at radius 1 is 1.25 bits per heavy atom. The van der Waals surface area contributed by atoms with Crippen molar-refractivity contribution in [1.82, 2.24) is 0 Å². The Morgan fingerprint density at radius 2 is 2.07 bits per heavy atom. The molecule has 2 aliphatic rings. The van der Waals surface area contributed by atoms with E-state index < -0.39 is 5.06 Å². The lowest BCUT2D eigenvalue weighted by Crippen LogP contribution is -2.36. The quantitative estimate of drug-likeness (QED) is 0.755. The minimum absolute atomic E-state index is 0.429. The first-order valence-corrected chi connectivity index (χ1v) is 10.9. The van der Waals surface area contributed by atoms with E-state index >= 15 is 0 Å². The van der Waals surface area contributed by atoms with Crippen LogP contribution in [0.25, 0.3) is 6.08 Å². The van der Waals surface area contributed by atoms with E-state index in [2.05, 4.69) is 78.4 Å². The van der Waals surface area contributed by atoms with Gasteiger partial charge >= 0.3 is 0 Å². The van der Waals surface area contributed by atoms with Crippen LogP contribution in [0.4, 0.5) is 11.4 Å². The van der Waals surface area contributed by atoms with Crippen LogP contribution in [0, 0.1) is 0 Å². The van der Waals surface area contributed by atoms with Crippen LogP contribution in [-0.2, 0) is 11.2 Å². The third-order valence-electron chi connectivity index (χ3n) is 5.38. The molecule has 0 amide bonds. The van der Waals surface area contributed by atoms with E-state index in [1.807, 2.05) is 0 Å². The average molecular weight is 396 g/mol. The molecule has 0 bridgehead atoms. The number of hydrogen-bond donors (Lipinski definition) is 1. The van der Waals surface area contributed by atoms with Crippen molar-refractivity contribution in [2.75, 3.05) is 43.1 Å². The molecule has 1 atom stereocenters. The van der Waals surface area contributed by atoms with Crippen molar-refractivity contribution in [3.8, 4) is 0 Å². The molecule has 5 heteroatoms. The van der Waals surface area contributed by atoms with Crippen molar-refractivity contribution < 1.29 is 4.74 Å². The van der Waals surface area contributed by atoms with Gasteiger partial charge in [0.15, 0.2) is 0 Å². The molecular weight excluding hydrogens is 366 g/mol. The zero-order valence-corrected chi connectivity index (χ0v) is 17.5. The van der Waals surface area contributed by atoms with Gasteiger partial charge in [-0.2, -0.15) is 0 Å². The summed E-state index contributed by atoms with van der Waals surface area (Å²) >= 11 is 1.80. The normalized spacial score (nSPS) is 20.6. The summed E-state index contributed by atoms with van der Waals surface area (Å²) in [6, 6.07) is 15.4. The molecule has 0 aromatic heterocycles. The molecule has 1 saturated heterocycles. The SMILES string of the molecule is CCCN(C)c1ccc(C=CC23OCCN2c2ccc(CCN)cc2S3)cc1. The van der Waals surface area contributed by atoms with Gasteiger partial charge in [0.1, 0.15) is 0 Å². The first-order valence-electron chi connectivity index (χ1n) is 10.1. The number of ether oxygens (including phenoxy) is 1. The van der Waals surface area contributed by atoms with Crippen LogP contribution in [0.2, 0.25) is 0 Å². The standard InChI is InChI=1S/C23H29N3OS/c1-3-14-25(2)20-7-4-18(5-8-20)10-12-23-26(15-16-27-23)21-9-6-19(11-13-24)17-22(21)28-23/h4-10,12,17H,3,11,13-16,24H2,1-2H3. The molecule has 2 aliphatic heterocycles. The molecule has 2 heterocycles. The third-order valence-corrected chi connectivity index (χ3v) is 6.70. The maximum atomic E-state index is 6.23. The fourth-order valence-electron chi connectivity index (χ4n) is 3.91. The first-order chi connectivity index (χ1) is 13.6. The van der Waals surface area contributed by atoms with Crippen molar-refractivity contribution in [2.45, 2.75) is 29.7 Å². The summed E-state index contributed by atoms with van der Waals surface area (Å²) in [7, 11) is 2.14. The maximum Gasteiger partial charge on any atom is 0.214 e. The molecule has 0 saturated carbocycles. The highest BCUT2D eigenvalue weighted by atomic mass is 32.2. The number of anilines is 2. The molecule has 2 aromatic carbocycles. The monoisotopic (exact) mass is 395 g/mol. The summed E-state index contributed by atoms with van der Waals surface area (Å²) < 4.78 is 6.23. The predicted molar refractivity (Wildman–Crippen MR) is 120 cm³/mol. The Labute approximate surface area is 172 Å². The minimum Gasteiger partial charge on any atom is -0.375 e. The fraction of sp³-hybridized carbons (Fsp3) is 0.391. The Bertz CT molecular complexity index is 851. The fourth-order valence-corrected chi connectivity index (χ4v) is 5.30. The molecule has 4 rings (SSSR count). The van der Waals surface area contributed by atoms with Gasteiger partial charge in [0.05, 0.1) is 12.3 Å². The van der Waals surface area contributed by atoms with E-state index in [0.29, 0.717) is 6.54 Å². The van der Waals surface area contributed by atoms with Gasteiger partial charge in [-0.25, -0.2) is 0 Å². The number of fused-ring (bicyclic) bond motifs is 3. The predicted octanol–water partition coefficient (Wildman–Crippen LogP) is 4.34. The number of nitrogens with two attached hydrogens (primary N) is 1. The molecule has 0 radical (unpaired) electrons. The Hall–Kier alpha value is -1.95. The van der Waals surface area contributed by atoms with E-state index in [0.717, 1.165) is 32.5 Å². The van der Waals surface area contributed by atoms with E-state index in [1.54, 1.807) is 11.8 Å². The third kappa shape index (κ3) is 3.66. The zero-order valence-electron chi connectivity index (χ0n) is 16.7. The number of thioether (sulfide) groups is 1. The van der Waals surface area contributed by atoms with Gasteiger partial charge in [0.25, 0.3) is 0 Å². The van der Waals surface area contributed by atoms with Crippen LogP contribution in [0.15, 0.2) is 53.4 Å². The minimum atomic E-state index is -0.429. The Morgan fingerprint density at radius 3 is 2.82 bits per heavy atom. The lowest BCUT2D eigenvalue weighted by Gasteiger charge is -2.27. The van der Waals surface area contributed by atoms with Gasteiger partial charge in [0, 0.05) is 30.7 Å². The number of hydrogen-bond acceptors (Lipinski definition) is 5. The van der Waals surface area contributed by atoms with E-state index in [9.17, 15) is 0 Å². The smallest absolute Gasteiger partial charge is 0.214 e. The van der Waals surface area contributed by atoms with E-state index in [-0.39, 0.29) is 0 Å². The Balaban J connectivity index is 1.53. The van der Waals surface area contributed by atoms with Gasteiger partial charge in [-0.15, -0.1) is 0 Å². The van der Waals surface area contributed by atoms with E-state index in [4.69, 9.17) is 10.5 Å². The van der Waals surface area contributed by atoms with Crippen LogP contribution >= 0.6 is 11.8 Å². The van der Waals surface area contributed by atoms with Crippen LogP contribution in [0.3, 0.4) is 0 Å². The average Bonchev–Trinajstić information content (AvgIpc) is 3.23. The number of rotatable bonds is 7. The highest BCUT2D eigenvalue weighted by molar-refractivity contribution is 8.01. The molecule has 0 aliphatic carbocycles.